The molecule has 0 bridgehead atoms. The molecule has 1 aromatic rings. The molecule has 1 aromatic heterocycles. The van der Waals surface area contributed by atoms with Gasteiger partial charge in [-0.05, 0) is 43.9 Å². The van der Waals surface area contributed by atoms with Gasteiger partial charge in [0.15, 0.2) is 0 Å². The molecule has 1 heterocycles. The summed E-state index contributed by atoms with van der Waals surface area (Å²) in [6, 6.07) is 4.57. The van der Waals surface area contributed by atoms with Crippen LogP contribution in [-0.4, -0.2) is 4.98 Å². The topological polar surface area (TPSA) is 50.9 Å². The molecule has 1 unspecified atom stereocenters. The Labute approximate surface area is 104 Å². The fourth-order valence-electron chi connectivity index (χ4n) is 2.95. The van der Waals surface area contributed by atoms with Crippen molar-refractivity contribution in [2.75, 3.05) is 0 Å². The minimum Gasteiger partial charge on any atom is -0.271 e. The second kappa shape index (κ2) is 5.61. The second-order valence-electron chi connectivity index (χ2n) is 5.29. The highest BCUT2D eigenvalue weighted by molar-refractivity contribution is 5.23. The van der Waals surface area contributed by atoms with Gasteiger partial charge in [-0.2, -0.15) is 0 Å². The van der Waals surface area contributed by atoms with Gasteiger partial charge in [0, 0.05) is 17.4 Å². The van der Waals surface area contributed by atoms with Gasteiger partial charge in [0.25, 0.3) is 0 Å². The van der Waals surface area contributed by atoms with Crippen molar-refractivity contribution in [1.82, 2.24) is 10.4 Å². The zero-order valence-corrected chi connectivity index (χ0v) is 10.9. The van der Waals surface area contributed by atoms with Crippen LogP contribution in [0.25, 0.3) is 0 Å². The summed E-state index contributed by atoms with van der Waals surface area (Å²) >= 11 is 0. The predicted octanol–water partition coefficient (Wildman–Crippen LogP) is 2.78. The van der Waals surface area contributed by atoms with Gasteiger partial charge in [0.1, 0.15) is 0 Å². The molecule has 3 N–H and O–H groups in total. The van der Waals surface area contributed by atoms with Crippen molar-refractivity contribution in [3.63, 3.8) is 0 Å². The van der Waals surface area contributed by atoms with Crippen LogP contribution < -0.4 is 11.3 Å². The van der Waals surface area contributed by atoms with Crippen molar-refractivity contribution in [1.29, 1.82) is 0 Å². The van der Waals surface area contributed by atoms with Crippen LogP contribution in [-0.2, 0) is 0 Å². The van der Waals surface area contributed by atoms with Crippen LogP contribution in [0.1, 0.15) is 55.1 Å². The second-order valence-corrected chi connectivity index (χ2v) is 5.29. The largest absolute Gasteiger partial charge is 0.271 e. The molecule has 0 amide bonds. The van der Waals surface area contributed by atoms with E-state index in [2.05, 4.69) is 22.5 Å². The molecule has 1 atom stereocenters. The lowest BCUT2D eigenvalue weighted by molar-refractivity contribution is 0.399. The van der Waals surface area contributed by atoms with Crippen LogP contribution in [0.15, 0.2) is 12.1 Å². The Kier molecular flexibility index (Phi) is 4.13. The van der Waals surface area contributed by atoms with Crippen molar-refractivity contribution in [3.05, 3.63) is 29.1 Å². The van der Waals surface area contributed by atoms with Gasteiger partial charge >= 0.3 is 0 Å². The SMILES string of the molecule is Cc1cc(C(CC2CCCC2)NN)cc(C)n1. The van der Waals surface area contributed by atoms with Crippen molar-refractivity contribution >= 4 is 0 Å². The van der Waals surface area contributed by atoms with Crippen molar-refractivity contribution in [2.45, 2.75) is 52.0 Å². The van der Waals surface area contributed by atoms with Gasteiger partial charge in [-0.15, -0.1) is 0 Å². The Balaban J connectivity index is 2.10. The van der Waals surface area contributed by atoms with Crippen molar-refractivity contribution in [3.8, 4) is 0 Å². The number of rotatable bonds is 4. The Morgan fingerprint density at radius 1 is 1.29 bits per heavy atom. The third kappa shape index (κ3) is 3.27. The normalized spacial score (nSPS) is 18.5. The van der Waals surface area contributed by atoms with E-state index in [0.717, 1.165) is 23.7 Å². The van der Waals surface area contributed by atoms with Gasteiger partial charge in [-0.3, -0.25) is 16.3 Å². The molecule has 0 aliphatic heterocycles. The molecule has 3 heteroatoms. The first-order chi connectivity index (χ1) is 8.19. The number of aryl methyl sites for hydroxylation is 2. The van der Waals surface area contributed by atoms with Crippen LogP contribution >= 0.6 is 0 Å². The lowest BCUT2D eigenvalue weighted by atomic mass is 9.94. The molecule has 94 valence electrons. The van der Waals surface area contributed by atoms with Gasteiger partial charge in [0.05, 0.1) is 0 Å². The first-order valence-corrected chi connectivity index (χ1v) is 6.60. The molecule has 0 saturated heterocycles. The molecule has 0 aromatic carbocycles. The molecular weight excluding hydrogens is 210 g/mol. The smallest absolute Gasteiger partial charge is 0.0463 e. The Hall–Kier alpha value is -0.930. The highest BCUT2D eigenvalue weighted by Gasteiger charge is 2.20. The van der Waals surface area contributed by atoms with Crippen molar-refractivity contribution in [2.24, 2.45) is 11.8 Å². The number of pyridine rings is 1. The van der Waals surface area contributed by atoms with Crippen LogP contribution in [0.2, 0.25) is 0 Å². The van der Waals surface area contributed by atoms with Gasteiger partial charge in [0.2, 0.25) is 0 Å². The van der Waals surface area contributed by atoms with Gasteiger partial charge in [-0.25, -0.2) is 0 Å². The maximum Gasteiger partial charge on any atom is 0.0463 e. The van der Waals surface area contributed by atoms with E-state index in [1.54, 1.807) is 0 Å². The molecular formula is C14H23N3. The summed E-state index contributed by atoms with van der Waals surface area (Å²) in [4.78, 5) is 4.41. The molecule has 1 aliphatic rings. The molecule has 1 aliphatic carbocycles. The van der Waals surface area contributed by atoms with E-state index in [4.69, 9.17) is 5.84 Å². The Bertz CT molecular complexity index is 349. The molecule has 3 nitrogen and oxygen atoms in total. The Morgan fingerprint density at radius 3 is 2.41 bits per heavy atom. The predicted molar refractivity (Wildman–Crippen MR) is 70.4 cm³/mol. The van der Waals surface area contributed by atoms with Crippen LogP contribution in [0.3, 0.4) is 0 Å². The molecule has 0 spiro atoms. The third-order valence-corrected chi connectivity index (χ3v) is 3.75. The van der Waals surface area contributed by atoms with Crippen LogP contribution in [0, 0.1) is 19.8 Å². The number of hydrazine groups is 1. The highest BCUT2D eigenvalue weighted by atomic mass is 15.2. The molecule has 2 rings (SSSR count). The lowest BCUT2D eigenvalue weighted by Gasteiger charge is -2.20. The Morgan fingerprint density at radius 2 is 1.88 bits per heavy atom. The average molecular weight is 233 g/mol. The van der Waals surface area contributed by atoms with E-state index in [1.165, 1.54) is 31.2 Å². The first-order valence-electron chi connectivity index (χ1n) is 6.60. The van der Waals surface area contributed by atoms with E-state index >= 15 is 0 Å². The van der Waals surface area contributed by atoms with Crippen molar-refractivity contribution < 1.29 is 0 Å². The number of hydrogen-bond donors (Lipinski definition) is 2. The lowest BCUT2D eigenvalue weighted by Crippen LogP contribution is -2.29. The number of nitrogens with one attached hydrogen (secondary N) is 1. The zero-order chi connectivity index (χ0) is 12.3. The van der Waals surface area contributed by atoms with Crippen LogP contribution in [0.5, 0.6) is 0 Å². The molecule has 1 fully saturated rings. The summed E-state index contributed by atoms with van der Waals surface area (Å²) in [5.41, 5.74) is 6.40. The summed E-state index contributed by atoms with van der Waals surface area (Å²) in [6.07, 6.45) is 6.65. The molecule has 1 saturated carbocycles. The van der Waals surface area contributed by atoms with Crippen LogP contribution in [0.4, 0.5) is 0 Å². The average Bonchev–Trinajstić information content (AvgIpc) is 2.77. The van der Waals surface area contributed by atoms with E-state index in [-0.39, 0.29) is 6.04 Å². The van der Waals surface area contributed by atoms with Gasteiger partial charge in [-0.1, -0.05) is 25.7 Å². The number of nitrogens with zero attached hydrogens (tertiary/aromatic N) is 1. The van der Waals surface area contributed by atoms with E-state index in [1.807, 2.05) is 13.8 Å². The number of hydrogen-bond acceptors (Lipinski definition) is 3. The number of aromatic nitrogens is 1. The standard InChI is InChI=1S/C14H23N3/c1-10-7-13(8-11(2)16-10)14(17-15)9-12-5-3-4-6-12/h7-8,12,14,17H,3-6,9,15H2,1-2H3. The summed E-state index contributed by atoms with van der Waals surface area (Å²) in [5.74, 6) is 6.55. The summed E-state index contributed by atoms with van der Waals surface area (Å²) in [5, 5.41) is 0. The van der Waals surface area contributed by atoms with E-state index in [0.29, 0.717) is 0 Å². The monoisotopic (exact) mass is 233 g/mol. The van der Waals surface area contributed by atoms with E-state index < -0.39 is 0 Å². The maximum absolute atomic E-state index is 5.71. The maximum atomic E-state index is 5.71. The minimum absolute atomic E-state index is 0.276. The summed E-state index contributed by atoms with van der Waals surface area (Å²) in [7, 11) is 0. The van der Waals surface area contributed by atoms with E-state index in [9.17, 15) is 0 Å². The first kappa shape index (κ1) is 12.5. The molecule has 17 heavy (non-hydrogen) atoms. The summed E-state index contributed by atoms with van der Waals surface area (Å²) in [6.45, 7) is 4.08. The zero-order valence-electron chi connectivity index (χ0n) is 10.9. The third-order valence-electron chi connectivity index (χ3n) is 3.75. The fourth-order valence-corrected chi connectivity index (χ4v) is 2.95. The number of nitrogens with two attached hydrogens (primary N) is 1. The quantitative estimate of drug-likeness (QED) is 0.621. The highest BCUT2D eigenvalue weighted by Crippen LogP contribution is 2.32. The molecule has 0 radical (unpaired) electrons. The van der Waals surface area contributed by atoms with Gasteiger partial charge < -0.3 is 0 Å². The fraction of sp³-hybridized carbons (Fsp3) is 0.643. The minimum atomic E-state index is 0.276. The summed E-state index contributed by atoms with van der Waals surface area (Å²) < 4.78 is 0.